The van der Waals surface area contributed by atoms with Crippen LogP contribution in [0.15, 0.2) is 41.8 Å². The molecule has 2 aromatic heterocycles. The SMILES string of the molecule is NCc1nc(-c2ccc(NC(=O)CCCCCc3cccs3)cc2)n[nH]1. The van der Waals surface area contributed by atoms with Gasteiger partial charge in [-0.05, 0) is 55.0 Å². The van der Waals surface area contributed by atoms with Crippen molar-refractivity contribution in [1.29, 1.82) is 0 Å². The molecule has 26 heavy (non-hydrogen) atoms. The van der Waals surface area contributed by atoms with E-state index in [2.05, 4.69) is 38.0 Å². The second-order valence-corrected chi connectivity index (χ2v) is 7.11. The molecule has 0 saturated heterocycles. The lowest BCUT2D eigenvalue weighted by Crippen LogP contribution is -2.10. The minimum Gasteiger partial charge on any atom is -0.326 e. The molecule has 1 aromatic carbocycles. The van der Waals surface area contributed by atoms with Crippen LogP contribution in [-0.2, 0) is 17.8 Å². The van der Waals surface area contributed by atoms with E-state index in [0.717, 1.165) is 36.9 Å². The highest BCUT2D eigenvalue weighted by Crippen LogP contribution is 2.18. The first-order chi connectivity index (χ1) is 12.7. The van der Waals surface area contributed by atoms with Crippen LogP contribution >= 0.6 is 11.3 Å². The van der Waals surface area contributed by atoms with Crippen molar-refractivity contribution in [1.82, 2.24) is 15.2 Å². The number of thiophene rings is 1. The number of aryl methyl sites for hydroxylation is 1. The van der Waals surface area contributed by atoms with Gasteiger partial charge in [0.25, 0.3) is 0 Å². The molecule has 3 aromatic rings. The first-order valence-electron chi connectivity index (χ1n) is 8.78. The normalized spacial score (nSPS) is 10.8. The van der Waals surface area contributed by atoms with Gasteiger partial charge in [0.2, 0.25) is 5.91 Å². The summed E-state index contributed by atoms with van der Waals surface area (Å²) in [5, 5.41) is 11.9. The zero-order chi connectivity index (χ0) is 18.2. The molecule has 0 aliphatic carbocycles. The number of H-pyrrole nitrogens is 1. The third-order valence-electron chi connectivity index (χ3n) is 4.06. The quantitative estimate of drug-likeness (QED) is 0.501. The molecule has 0 aliphatic rings. The van der Waals surface area contributed by atoms with Gasteiger partial charge < -0.3 is 11.1 Å². The van der Waals surface area contributed by atoms with Crippen LogP contribution in [0.4, 0.5) is 5.69 Å². The van der Waals surface area contributed by atoms with Crippen molar-refractivity contribution in [3.8, 4) is 11.4 Å². The second-order valence-electron chi connectivity index (χ2n) is 6.08. The number of benzene rings is 1. The fraction of sp³-hybridized carbons (Fsp3) is 0.316. The number of amides is 1. The topological polar surface area (TPSA) is 96.7 Å². The highest BCUT2D eigenvalue weighted by atomic mass is 32.1. The van der Waals surface area contributed by atoms with Crippen LogP contribution in [0.3, 0.4) is 0 Å². The Bertz CT molecular complexity index is 811. The molecule has 0 radical (unpaired) electrons. The summed E-state index contributed by atoms with van der Waals surface area (Å²) in [6.07, 6.45) is 4.76. The Labute approximate surface area is 156 Å². The number of nitrogens with two attached hydrogens (primary N) is 1. The Morgan fingerprint density at radius 3 is 2.69 bits per heavy atom. The first-order valence-corrected chi connectivity index (χ1v) is 9.66. The van der Waals surface area contributed by atoms with Crippen molar-refractivity contribution < 1.29 is 4.79 Å². The van der Waals surface area contributed by atoms with Crippen molar-refractivity contribution in [3.63, 3.8) is 0 Å². The van der Waals surface area contributed by atoms with Crippen molar-refractivity contribution in [2.45, 2.75) is 38.6 Å². The van der Waals surface area contributed by atoms with Gasteiger partial charge in [0.1, 0.15) is 5.82 Å². The van der Waals surface area contributed by atoms with E-state index in [0.29, 0.717) is 24.6 Å². The molecular weight excluding hydrogens is 346 g/mol. The number of hydrogen-bond acceptors (Lipinski definition) is 5. The molecule has 4 N–H and O–H groups in total. The number of unbranched alkanes of at least 4 members (excludes halogenated alkanes) is 2. The molecule has 6 nitrogen and oxygen atoms in total. The van der Waals surface area contributed by atoms with Crippen LogP contribution < -0.4 is 11.1 Å². The van der Waals surface area contributed by atoms with E-state index in [1.54, 1.807) is 11.3 Å². The number of aromatic amines is 1. The summed E-state index contributed by atoms with van der Waals surface area (Å²) >= 11 is 1.79. The maximum atomic E-state index is 12.0. The highest BCUT2D eigenvalue weighted by Gasteiger charge is 2.06. The molecule has 0 spiro atoms. The molecule has 3 rings (SSSR count). The van der Waals surface area contributed by atoms with Gasteiger partial charge in [0.05, 0.1) is 6.54 Å². The van der Waals surface area contributed by atoms with Crippen LogP contribution in [0.5, 0.6) is 0 Å². The van der Waals surface area contributed by atoms with Crippen LogP contribution in [-0.4, -0.2) is 21.1 Å². The standard InChI is InChI=1S/C19H23N5OS/c20-13-17-22-19(24-23-17)14-8-10-15(11-9-14)21-18(25)7-3-1-2-5-16-6-4-12-26-16/h4,6,8-12H,1-3,5,7,13,20H2,(H,21,25)(H,22,23,24). The number of rotatable bonds is 9. The fourth-order valence-corrected chi connectivity index (χ4v) is 3.41. The number of carbonyl (C=O) groups is 1. The minimum absolute atomic E-state index is 0.0530. The predicted molar refractivity (Wildman–Crippen MR) is 105 cm³/mol. The molecule has 0 bridgehead atoms. The maximum absolute atomic E-state index is 12.0. The zero-order valence-corrected chi connectivity index (χ0v) is 15.4. The molecule has 136 valence electrons. The Morgan fingerprint density at radius 2 is 2.00 bits per heavy atom. The fourth-order valence-electron chi connectivity index (χ4n) is 2.66. The lowest BCUT2D eigenvalue weighted by atomic mass is 10.1. The smallest absolute Gasteiger partial charge is 0.224 e. The number of anilines is 1. The number of nitrogens with one attached hydrogen (secondary N) is 2. The summed E-state index contributed by atoms with van der Waals surface area (Å²) in [6.45, 7) is 0.328. The molecule has 0 fully saturated rings. The van der Waals surface area contributed by atoms with E-state index < -0.39 is 0 Å². The van der Waals surface area contributed by atoms with Crippen molar-refractivity contribution in [2.75, 3.05) is 5.32 Å². The number of carbonyl (C=O) groups excluding carboxylic acids is 1. The van der Waals surface area contributed by atoms with E-state index in [-0.39, 0.29) is 5.91 Å². The molecular formula is C19H23N5OS. The van der Waals surface area contributed by atoms with Crippen LogP contribution in [0.2, 0.25) is 0 Å². The summed E-state index contributed by atoms with van der Waals surface area (Å²) in [5.41, 5.74) is 7.19. The average molecular weight is 369 g/mol. The van der Waals surface area contributed by atoms with Crippen molar-refractivity contribution in [2.24, 2.45) is 5.73 Å². The average Bonchev–Trinajstić information content (AvgIpc) is 3.34. The van der Waals surface area contributed by atoms with Gasteiger partial charge in [-0.1, -0.05) is 12.5 Å². The summed E-state index contributed by atoms with van der Waals surface area (Å²) in [5.74, 6) is 1.31. The molecule has 7 heteroatoms. The lowest BCUT2D eigenvalue weighted by molar-refractivity contribution is -0.116. The van der Waals surface area contributed by atoms with Gasteiger partial charge in [0.15, 0.2) is 5.82 Å². The second kappa shape index (κ2) is 9.26. The van der Waals surface area contributed by atoms with Gasteiger partial charge in [-0.3, -0.25) is 9.89 Å². The van der Waals surface area contributed by atoms with E-state index in [1.807, 2.05) is 24.3 Å². The summed E-state index contributed by atoms with van der Waals surface area (Å²) in [6, 6.07) is 11.7. The van der Waals surface area contributed by atoms with Crippen molar-refractivity contribution in [3.05, 3.63) is 52.5 Å². The summed E-state index contributed by atoms with van der Waals surface area (Å²) in [7, 11) is 0. The van der Waals surface area contributed by atoms with E-state index in [9.17, 15) is 4.79 Å². The van der Waals surface area contributed by atoms with E-state index in [4.69, 9.17) is 5.73 Å². The Balaban J connectivity index is 1.39. The summed E-state index contributed by atoms with van der Waals surface area (Å²) in [4.78, 5) is 17.8. The zero-order valence-electron chi connectivity index (χ0n) is 14.6. The first kappa shape index (κ1) is 18.3. The molecule has 0 saturated carbocycles. The Hall–Kier alpha value is -2.51. The van der Waals surface area contributed by atoms with E-state index in [1.165, 1.54) is 4.88 Å². The Morgan fingerprint density at radius 1 is 1.15 bits per heavy atom. The lowest BCUT2D eigenvalue weighted by Gasteiger charge is -2.06. The minimum atomic E-state index is 0.0530. The van der Waals surface area contributed by atoms with Crippen LogP contribution in [0.25, 0.3) is 11.4 Å². The monoisotopic (exact) mass is 369 g/mol. The third-order valence-corrected chi connectivity index (χ3v) is 5.00. The van der Waals surface area contributed by atoms with Crippen molar-refractivity contribution >= 4 is 22.9 Å². The Kier molecular flexibility index (Phi) is 6.51. The number of nitrogens with zero attached hydrogens (tertiary/aromatic N) is 2. The molecule has 0 unspecified atom stereocenters. The highest BCUT2D eigenvalue weighted by molar-refractivity contribution is 7.09. The number of hydrogen-bond donors (Lipinski definition) is 3. The molecule has 0 aliphatic heterocycles. The summed E-state index contributed by atoms with van der Waals surface area (Å²) < 4.78 is 0. The molecule has 0 atom stereocenters. The third kappa shape index (κ3) is 5.24. The largest absolute Gasteiger partial charge is 0.326 e. The molecule has 2 heterocycles. The molecule has 1 amide bonds. The predicted octanol–water partition coefficient (Wildman–Crippen LogP) is 3.73. The van der Waals surface area contributed by atoms with Gasteiger partial charge in [0, 0.05) is 22.5 Å². The van der Waals surface area contributed by atoms with E-state index >= 15 is 0 Å². The van der Waals surface area contributed by atoms with Crippen LogP contribution in [0, 0.1) is 0 Å². The van der Waals surface area contributed by atoms with Gasteiger partial charge >= 0.3 is 0 Å². The van der Waals surface area contributed by atoms with Crippen LogP contribution in [0.1, 0.15) is 36.4 Å². The number of aromatic nitrogens is 3. The van der Waals surface area contributed by atoms with Gasteiger partial charge in [-0.2, -0.15) is 5.10 Å². The maximum Gasteiger partial charge on any atom is 0.224 e. The van der Waals surface area contributed by atoms with Gasteiger partial charge in [-0.25, -0.2) is 4.98 Å². The van der Waals surface area contributed by atoms with Gasteiger partial charge in [-0.15, -0.1) is 11.3 Å².